The van der Waals surface area contributed by atoms with Crippen LogP contribution < -0.4 is 14.9 Å². The number of ether oxygens (including phenoxy) is 2. The van der Waals surface area contributed by atoms with Crippen LogP contribution in [0.5, 0.6) is 11.5 Å². The first-order valence-corrected chi connectivity index (χ1v) is 11.8. The highest BCUT2D eigenvalue weighted by molar-refractivity contribution is 5.87. The highest BCUT2D eigenvalue weighted by atomic mass is 19.1. The molecule has 3 aromatic carbocycles. The average Bonchev–Trinajstić information content (AvgIpc) is 2.87. The van der Waals surface area contributed by atoms with Crippen molar-refractivity contribution in [3.63, 3.8) is 0 Å². The molecule has 0 atom stereocenters. The van der Waals surface area contributed by atoms with Crippen molar-refractivity contribution >= 4 is 23.1 Å². The Hall–Kier alpha value is -4.37. The van der Waals surface area contributed by atoms with Gasteiger partial charge in [-0.15, -0.1) is 0 Å². The number of halogens is 1. The second-order valence-corrected chi connectivity index (χ2v) is 8.82. The fraction of sp³-hybridized carbons (Fsp3) is 0.200. The lowest BCUT2D eigenvalue weighted by Gasteiger charge is -2.26. The number of hydrogen-bond donors (Lipinski definition) is 0. The van der Waals surface area contributed by atoms with Gasteiger partial charge in [-0.2, -0.15) is 5.26 Å². The predicted octanol–water partition coefficient (Wildman–Crippen LogP) is 6.83. The molecule has 0 spiro atoms. The molecule has 1 aliphatic rings. The molecule has 5 nitrogen and oxygen atoms in total. The predicted molar refractivity (Wildman–Crippen MR) is 137 cm³/mol. The zero-order chi connectivity index (χ0) is 25.1. The fourth-order valence-electron chi connectivity index (χ4n) is 4.29. The topological polar surface area (TPSA) is 72.5 Å². The molecule has 0 aliphatic heterocycles. The van der Waals surface area contributed by atoms with Gasteiger partial charge in [-0.1, -0.05) is 30.7 Å². The summed E-state index contributed by atoms with van der Waals surface area (Å²) in [7, 11) is 1.60. The van der Waals surface area contributed by atoms with E-state index in [0.717, 1.165) is 18.4 Å². The van der Waals surface area contributed by atoms with E-state index in [1.165, 1.54) is 24.6 Å². The lowest BCUT2D eigenvalue weighted by molar-refractivity contribution is 0.175. The van der Waals surface area contributed by atoms with Crippen molar-refractivity contribution in [1.29, 1.82) is 5.26 Å². The van der Waals surface area contributed by atoms with Gasteiger partial charge in [0.25, 0.3) is 0 Å². The molecule has 1 aromatic heterocycles. The molecule has 36 heavy (non-hydrogen) atoms. The van der Waals surface area contributed by atoms with Crippen LogP contribution in [0.2, 0.25) is 0 Å². The highest BCUT2D eigenvalue weighted by Crippen LogP contribution is 2.35. The molecule has 1 fully saturated rings. The molecule has 0 saturated heterocycles. The van der Waals surface area contributed by atoms with Crippen LogP contribution in [0.1, 0.15) is 36.1 Å². The van der Waals surface area contributed by atoms with Gasteiger partial charge in [0, 0.05) is 5.56 Å². The van der Waals surface area contributed by atoms with Gasteiger partial charge in [-0.05, 0) is 72.9 Å². The molecule has 0 N–H and O–H groups in total. The largest absolute Gasteiger partial charge is 0.493 e. The second-order valence-electron chi connectivity index (χ2n) is 8.82. The monoisotopic (exact) mass is 481 g/mol. The van der Waals surface area contributed by atoms with Crippen LogP contribution in [0, 0.1) is 23.1 Å². The van der Waals surface area contributed by atoms with Crippen LogP contribution in [-0.4, -0.2) is 13.7 Å². The van der Waals surface area contributed by atoms with Gasteiger partial charge in [-0.25, -0.2) is 4.39 Å². The van der Waals surface area contributed by atoms with E-state index in [-0.39, 0.29) is 22.0 Å². The third-order valence-electron chi connectivity index (χ3n) is 6.51. The highest BCUT2D eigenvalue weighted by Gasteiger charge is 2.20. The summed E-state index contributed by atoms with van der Waals surface area (Å²) < 4.78 is 31.7. The minimum atomic E-state index is -0.520. The molecule has 1 saturated carbocycles. The van der Waals surface area contributed by atoms with Crippen molar-refractivity contribution in [3.8, 4) is 28.7 Å². The minimum Gasteiger partial charge on any atom is -0.493 e. The zero-order valence-corrected chi connectivity index (χ0v) is 19.8. The first kappa shape index (κ1) is 23.4. The van der Waals surface area contributed by atoms with Gasteiger partial charge < -0.3 is 13.9 Å². The van der Waals surface area contributed by atoms with E-state index in [1.54, 1.807) is 37.5 Å². The van der Waals surface area contributed by atoms with Gasteiger partial charge >= 0.3 is 0 Å². The number of para-hydroxylation sites is 1. The zero-order valence-electron chi connectivity index (χ0n) is 19.8. The van der Waals surface area contributed by atoms with Crippen molar-refractivity contribution in [2.45, 2.75) is 19.3 Å². The number of nitriles is 1. The summed E-state index contributed by atoms with van der Waals surface area (Å²) in [6, 6.07) is 18.2. The summed E-state index contributed by atoms with van der Waals surface area (Å²) >= 11 is 0. The number of nitrogens with zero attached hydrogens (tertiary/aromatic N) is 1. The van der Waals surface area contributed by atoms with E-state index in [1.807, 2.05) is 24.3 Å². The molecule has 6 heteroatoms. The third-order valence-corrected chi connectivity index (χ3v) is 6.51. The Morgan fingerprint density at radius 1 is 1.11 bits per heavy atom. The van der Waals surface area contributed by atoms with Gasteiger partial charge in [0.15, 0.2) is 11.5 Å². The maximum absolute atomic E-state index is 13.9. The van der Waals surface area contributed by atoms with Crippen molar-refractivity contribution in [3.05, 3.63) is 93.6 Å². The van der Waals surface area contributed by atoms with Crippen molar-refractivity contribution in [1.82, 2.24) is 0 Å². The van der Waals surface area contributed by atoms with Crippen molar-refractivity contribution < 1.29 is 18.3 Å². The maximum atomic E-state index is 13.9. The summed E-state index contributed by atoms with van der Waals surface area (Å²) in [6.07, 6.45) is 7.09. The Morgan fingerprint density at radius 2 is 1.92 bits per heavy atom. The SMILES string of the molecule is COc1cccc(/C=C/c2oc3ccc(F)cc3c(=O)c2-c2ccc(C#N)cc2)c1OCC1CCC1. The van der Waals surface area contributed by atoms with Crippen molar-refractivity contribution in [2.75, 3.05) is 13.7 Å². The standard InChI is InChI=1S/C30H24FNO4/c1-34-27-7-3-6-22(30(27)35-18-20-4-2-5-20)12-14-26-28(21-10-8-19(17-32)9-11-21)29(33)24-16-23(31)13-15-25(24)36-26/h3,6-16,20H,2,4-5,18H2,1H3/b14-12+. The Kier molecular flexibility index (Phi) is 6.55. The van der Waals surface area contributed by atoms with E-state index in [9.17, 15) is 9.18 Å². The Morgan fingerprint density at radius 3 is 2.61 bits per heavy atom. The van der Waals surface area contributed by atoms with E-state index < -0.39 is 5.82 Å². The van der Waals surface area contributed by atoms with Crippen LogP contribution in [0.3, 0.4) is 0 Å². The lowest BCUT2D eigenvalue weighted by atomic mass is 9.86. The maximum Gasteiger partial charge on any atom is 0.201 e. The molecule has 4 aromatic rings. The normalized spacial score (nSPS) is 13.5. The average molecular weight is 482 g/mol. The number of methoxy groups -OCH3 is 1. The van der Waals surface area contributed by atoms with Crippen LogP contribution in [0.15, 0.2) is 69.9 Å². The van der Waals surface area contributed by atoms with E-state index >= 15 is 0 Å². The third kappa shape index (κ3) is 4.60. The summed E-state index contributed by atoms with van der Waals surface area (Å²) in [5, 5.41) is 9.30. The first-order valence-electron chi connectivity index (χ1n) is 11.8. The summed E-state index contributed by atoms with van der Waals surface area (Å²) in [4.78, 5) is 13.5. The van der Waals surface area contributed by atoms with Gasteiger partial charge in [0.05, 0.1) is 36.3 Å². The molecular weight excluding hydrogens is 457 g/mol. The van der Waals surface area contributed by atoms with E-state index in [2.05, 4.69) is 6.07 Å². The number of fused-ring (bicyclic) bond motifs is 1. The van der Waals surface area contributed by atoms with Crippen LogP contribution in [0.25, 0.3) is 34.2 Å². The summed E-state index contributed by atoms with van der Waals surface area (Å²) in [6.45, 7) is 0.619. The van der Waals surface area contributed by atoms with Crippen LogP contribution in [0.4, 0.5) is 4.39 Å². The fourth-order valence-corrected chi connectivity index (χ4v) is 4.29. The smallest absolute Gasteiger partial charge is 0.201 e. The quantitative estimate of drug-likeness (QED) is 0.289. The van der Waals surface area contributed by atoms with Gasteiger partial charge in [0.1, 0.15) is 17.2 Å². The summed E-state index contributed by atoms with van der Waals surface area (Å²) in [5.41, 5.74) is 2.03. The van der Waals surface area contributed by atoms with Crippen molar-refractivity contribution in [2.24, 2.45) is 5.92 Å². The lowest BCUT2D eigenvalue weighted by Crippen LogP contribution is -2.19. The van der Waals surface area contributed by atoms with Gasteiger partial charge in [-0.3, -0.25) is 4.79 Å². The van der Waals surface area contributed by atoms with Crippen LogP contribution >= 0.6 is 0 Å². The molecule has 1 heterocycles. The molecule has 180 valence electrons. The Bertz CT molecular complexity index is 1540. The summed E-state index contributed by atoms with van der Waals surface area (Å²) in [5.74, 6) is 1.60. The molecule has 1 aliphatic carbocycles. The molecule has 0 amide bonds. The number of benzene rings is 3. The van der Waals surface area contributed by atoms with E-state index in [4.69, 9.17) is 19.2 Å². The molecule has 0 unspecified atom stereocenters. The van der Waals surface area contributed by atoms with E-state index in [0.29, 0.717) is 40.9 Å². The van der Waals surface area contributed by atoms with Gasteiger partial charge in [0.2, 0.25) is 5.43 Å². The first-order chi connectivity index (χ1) is 17.6. The minimum absolute atomic E-state index is 0.150. The Balaban J connectivity index is 1.62. The number of hydrogen-bond acceptors (Lipinski definition) is 5. The number of rotatable bonds is 7. The molecule has 0 bridgehead atoms. The second kappa shape index (κ2) is 10.1. The molecule has 5 rings (SSSR count). The van der Waals surface area contributed by atoms with Crippen LogP contribution in [-0.2, 0) is 0 Å². The Labute approximate surface area is 208 Å². The molecule has 0 radical (unpaired) electrons. The molecular formula is C30H24FNO4.